The maximum Gasteiger partial charge on any atom is 0.330 e. The lowest BCUT2D eigenvalue weighted by atomic mass is 10.1. The first-order valence-electron chi connectivity index (χ1n) is 4.84. The molecule has 3 nitrogen and oxygen atoms in total. The number of carbonyl (C=O) groups is 1. The Hall–Kier alpha value is -1.81. The predicted molar refractivity (Wildman–Crippen MR) is 64.8 cm³/mol. The molecule has 1 aromatic heterocycles. The Morgan fingerprint density at radius 2 is 2.00 bits per heavy atom. The zero-order valence-corrected chi connectivity index (χ0v) is 9.28. The number of hydrogen-bond acceptors (Lipinski definition) is 3. The normalized spacial score (nSPS) is 12.0. The summed E-state index contributed by atoms with van der Waals surface area (Å²) < 4.78 is 0. The van der Waals surface area contributed by atoms with Crippen LogP contribution in [0, 0.1) is 0 Å². The van der Waals surface area contributed by atoms with Gasteiger partial charge in [0.1, 0.15) is 0 Å². The average molecular weight is 233 g/mol. The second-order valence-corrected chi connectivity index (χ2v) is 4.12. The van der Waals surface area contributed by atoms with Crippen LogP contribution in [0.2, 0.25) is 0 Å². The van der Waals surface area contributed by atoms with Gasteiger partial charge in [-0.2, -0.15) is 11.3 Å². The molecule has 0 aliphatic carbocycles. The Kier molecular flexibility index (Phi) is 3.22. The van der Waals surface area contributed by atoms with Crippen LogP contribution < -0.4 is 5.32 Å². The molecule has 0 amide bonds. The van der Waals surface area contributed by atoms with Crippen molar-refractivity contribution in [3.8, 4) is 0 Å². The van der Waals surface area contributed by atoms with Gasteiger partial charge in [0, 0.05) is 5.69 Å². The molecule has 0 radical (unpaired) electrons. The highest BCUT2D eigenvalue weighted by Gasteiger charge is 2.19. The molecule has 0 fully saturated rings. The molecule has 82 valence electrons. The summed E-state index contributed by atoms with van der Waals surface area (Å²) in [4.78, 5) is 11.1. The van der Waals surface area contributed by atoms with Crippen molar-refractivity contribution in [2.45, 2.75) is 6.04 Å². The van der Waals surface area contributed by atoms with Gasteiger partial charge < -0.3 is 10.4 Å². The first kappa shape index (κ1) is 10.7. The number of thiophene rings is 1. The van der Waals surface area contributed by atoms with E-state index in [-0.39, 0.29) is 0 Å². The van der Waals surface area contributed by atoms with E-state index in [1.54, 1.807) is 0 Å². The van der Waals surface area contributed by atoms with Crippen LogP contribution in [-0.4, -0.2) is 11.1 Å². The van der Waals surface area contributed by atoms with Gasteiger partial charge in [-0.15, -0.1) is 0 Å². The summed E-state index contributed by atoms with van der Waals surface area (Å²) in [6, 6.07) is 10.5. The van der Waals surface area contributed by atoms with Crippen molar-refractivity contribution >= 4 is 23.0 Å². The Balaban J connectivity index is 2.19. The number of aliphatic carboxylic acids is 1. The van der Waals surface area contributed by atoms with Crippen LogP contribution in [0.25, 0.3) is 0 Å². The number of nitrogens with one attached hydrogen (secondary N) is 1. The van der Waals surface area contributed by atoms with E-state index in [1.807, 2.05) is 47.2 Å². The topological polar surface area (TPSA) is 49.3 Å². The van der Waals surface area contributed by atoms with Gasteiger partial charge in [-0.25, -0.2) is 4.79 Å². The quantitative estimate of drug-likeness (QED) is 0.853. The van der Waals surface area contributed by atoms with Crippen molar-refractivity contribution in [3.05, 3.63) is 52.7 Å². The van der Waals surface area contributed by atoms with Crippen molar-refractivity contribution in [2.75, 3.05) is 5.32 Å². The van der Waals surface area contributed by atoms with E-state index >= 15 is 0 Å². The number of rotatable bonds is 4. The van der Waals surface area contributed by atoms with Gasteiger partial charge in [-0.1, -0.05) is 18.2 Å². The van der Waals surface area contributed by atoms with E-state index in [2.05, 4.69) is 5.32 Å². The molecular weight excluding hydrogens is 222 g/mol. The lowest BCUT2D eigenvalue weighted by molar-refractivity contribution is -0.138. The minimum absolute atomic E-state index is 0.686. The number of carboxylic acid groups (broad SMARTS) is 1. The third-order valence-corrected chi connectivity index (χ3v) is 2.91. The highest BCUT2D eigenvalue weighted by molar-refractivity contribution is 7.08. The number of carboxylic acids is 1. The smallest absolute Gasteiger partial charge is 0.330 e. The molecule has 2 aromatic rings. The fraction of sp³-hybridized carbons (Fsp3) is 0.0833. The molecule has 1 atom stereocenters. The third kappa shape index (κ3) is 2.41. The molecule has 2 rings (SSSR count). The zero-order valence-electron chi connectivity index (χ0n) is 8.46. The van der Waals surface area contributed by atoms with E-state index in [4.69, 9.17) is 5.11 Å². The lowest BCUT2D eigenvalue weighted by Gasteiger charge is -2.14. The molecule has 1 unspecified atom stereocenters. The maximum absolute atomic E-state index is 11.1. The molecule has 0 saturated carbocycles. The van der Waals surface area contributed by atoms with Crippen LogP contribution in [-0.2, 0) is 4.79 Å². The fourth-order valence-corrected chi connectivity index (χ4v) is 2.11. The molecule has 0 aliphatic rings. The minimum atomic E-state index is -0.873. The molecule has 4 heteroatoms. The predicted octanol–water partition coefficient (Wildman–Crippen LogP) is 2.99. The highest BCUT2D eigenvalue weighted by atomic mass is 32.1. The first-order chi connectivity index (χ1) is 7.77. The summed E-state index contributed by atoms with van der Waals surface area (Å²) in [5.74, 6) is -0.873. The standard InChI is InChI=1S/C12H11NO2S/c14-12(15)11(9-6-7-16-8-9)13-10-4-2-1-3-5-10/h1-8,11,13H,(H,14,15). The van der Waals surface area contributed by atoms with Gasteiger partial charge in [0.05, 0.1) is 0 Å². The van der Waals surface area contributed by atoms with Crippen LogP contribution in [0.4, 0.5) is 5.69 Å². The monoisotopic (exact) mass is 233 g/mol. The lowest BCUT2D eigenvalue weighted by Crippen LogP contribution is -2.19. The Morgan fingerprint density at radius 3 is 2.56 bits per heavy atom. The van der Waals surface area contributed by atoms with E-state index < -0.39 is 12.0 Å². The van der Waals surface area contributed by atoms with Gasteiger partial charge in [0.25, 0.3) is 0 Å². The summed E-state index contributed by atoms with van der Waals surface area (Å²) >= 11 is 1.49. The molecular formula is C12H11NO2S. The van der Waals surface area contributed by atoms with Crippen LogP contribution >= 0.6 is 11.3 Å². The molecule has 1 heterocycles. The number of benzene rings is 1. The number of para-hydroxylation sites is 1. The molecule has 1 aromatic carbocycles. The van der Waals surface area contributed by atoms with E-state index in [9.17, 15) is 4.79 Å². The minimum Gasteiger partial charge on any atom is -0.479 e. The summed E-state index contributed by atoms with van der Waals surface area (Å²) in [5.41, 5.74) is 1.59. The summed E-state index contributed by atoms with van der Waals surface area (Å²) in [7, 11) is 0. The van der Waals surface area contributed by atoms with E-state index in [1.165, 1.54) is 11.3 Å². The number of hydrogen-bond donors (Lipinski definition) is 2. The maximum atomic E-state index is 11.1. The summed E-state index contributed by atoms with van der Waals surface area (Å²) in [6.07, 6.45) is 0. The Morgan fingerprint density at radius 1 is 1.25 bits per heavy atom. The Bertz CT molecular complexity index is 453. The second kappa shape index (κ2) is 4.81. The van der Waals surface area contributed by atoms with Crippen molar-refractivity contribution < 1.29 is 9.90 Å². The van der Waals surface area contributed by atoms with Gasteiger partial charge >= 0.3 is 5.97 Å². The largest absolute Gasteiger partial charge is 0.479 e. The van der Waals surface area contributed by atoms with Gasteiger partial charge in [0.15, 0.2) is 6.04 Å². The molecule has 0 spiro atoms. The molecule has 2 N–H and O–H groups in total. The molecule has 0 bridgehead atoms. The zero-order chi connectivity index (χ0) is 11.4. The molecule has 16 heavy (non-hydrogen) atoms. The molecule has 0 aliphatic heterocycles. The second-order valence-electron chi connectivity index (χ2n) is 3.34. The molecule has 0 saturated heterocycles. The van der Waals surface area contributed by atoms with Crippen LogP contribution in [0.5, 0.6) is 0 Å². The summed E-state index contributed by atoms with van der Waals surface area (Å²) in [5, 5.41) is 15.9. The van der Waals surface area contributed by atoms with Crippen LogP contribution in [0.15, 0.2) is 47.2 Å². The van der Waals surface area contributed by atoms with Crippen LogP contribution in [0.1, 0.15) is 11.6 Å². The average Bonchev–Trinajstić information content (AvgIpc) is 2.80. The van der Waals surface area contributed by atoms with E-state index in [0.717, 1.165) is 11.3 Å². The van der Waals surface area contributed by atoms with Crippen molar-refractivity contribution in [3.63, 3.8) is 0 Å². The van der Waals surface area contributed by atoms with E-state index in [0.29, 0.717) is 0 Å². The first-order valence-corrected chi connectivity index (χ1v) is 5.78. The van der Waals surface area contributed by atoms with Crippen molar-refractivity contribution in [1.82, 2.24) is 0 Å². The number of anilines is 1. The fourth-order valence-electron chi connectivity index (χ4n) is 1.43. The van der Waals surface area contributed by atoms with Crippen molar-refractivity contribution in [1.29, 1.82) is 0 Å². The highest BCUT2D eigenvalue weighted by Crippen LogP contribution is 2.21. The Labute approximate surface area is 97.4 Å². The summed E-state index contributed by atoms with van der Waals surface area (Å²) in [6.45, 7) is 0. The SMILES string of the molecule is O=C(O)C(Nc1ccccc1)c1ccsc1. The van der Waals surface area contributed by atoms with Gasteiger partial charge in [-0.05, 0) is 34.5 Å². The third-order valence-electron chi connectivity index (χ3n) is 2.21. The van der Waals surface area contributed by atoms with Gasteiger partial charge in [0.2, 0.25) is 0 Å². The van der Waals surface area contributed by atoms with Crippen molar-refractivity contribution in [2.24, 2.45) is 0 Å². The van der Waals surface area contributed by atoms with Crippen LogP contribution in [0.3, 0.4) is 0 Å². The van der Waals surface area contributed by atoms with Gasteiger partial charge in [-0.3, -0.25) is 0 Å².